The molecule has 0 amide bonds. The lowest BCUT2D eigenvalue weighted by atomic mass is 9.52. The van der Waals surface area contributed by atoms with E-state index in [0.29, 0.717) is 19.3 Å². The highest BCUT2D eigenvalue weighted by Gasteiger charge is 2.61. The lowest BCUT2D eigenvalue weighted by Gasteiger charge is -2.57. The number of fused-ring (bicyclic) bond motifs is 3. The molecule has 0 unspecified atom stereocenters. The molecule has 0 radical (unpaired) electrons. The first-order chi connectivity index (χ1) is 14.8. The SMILES string of the molecule is CC(=O)O[C@H]1C[C@H]2[C@](C)(OC(C)=O)[C@@H](OC(C)=O)CC[C@]2(C)c2cc(O)c(C(C)C)cc21. The van der Waals surface area contributed by atoms with Gasteiger partial charge in [0.2, 0.25) is 0 Å². The highest BCUT2D eigenvalue weighted by molar-refractivity contribution is 5.68. The van der Waals surface area contributed by atoms with Crippen LogP contribution < -0.4 is 0 Å². The molecule has 0 aliphatic heterocycles. The molecule has 176 valence electrons. The molecule has 0 spiro atoms. The summed E-state index contributed by atoms with van der Waals surface area (Å²) in [6.07, 6.45) is 0.384. The van der Waals surface area contributed by atoms with E-state index in [1.807, 2.05) is 19.9 Å². The molecule has 0 heterocycles. The third-order valence-electron chi connectivity index (χ3n) is 7.24. The second kappa shape index (κ2) is 8.41. The van der Waals surface area contributed by atoms with Crippen LogP contribution in [0.15, 0.2) is 12.1 Å². The molecule has 5 atom stereocenters. The van der Waals surface area contributed by atoms with Gasteiger partial charge in [-0.15, -0.1) is 0 Å². The van der Waals surface area contributed by atoms with Crippen LogP contribution >= 0.6 is 0 Å². The van der Waals surface area contributed by atoms with E-state index >= 15 is 0 Å². The number of hydrogen-bond acceptors (Lipinski definition) is 7. The normalized spacial score (nSPS) is 31.3. The van der Waals surface area contributed by atoms with Crippen molar-refractivity contribution in [2.75, 3.05) is 0 Å². The standard InChI is InChI=1S/C25H34O7/c1-13(2)17-10-18-19(11-20(17)29)24(6)9-8-23(31-15(4)27)25(7,32-16(5)28)22(24)12-21(18)30-14(3)26/h10-11,13,21-23,29H,8-9,12H2,1-7H3/t21-,22+,23-,24+,25-/m0/s1. The van der Waals surface area contributed by atoms with E-state index < -0.39 is 41.1 Å². The van der Waals surface area contributed by atoms with Crippen molar-refractivity contribution in [1.82, 2.24) is 0 Å². The molecule has 2 aliphatic rings. The molecule has 1 N–H and O–H groups in total. The lowest BCUT2D eigenvalue weighted by Crippen LogP contribution is -2.62. The first-order valence-electron chi connectivity index (χ1n) is 11.2. The van der Waals surface area contributed by atoms with E-state index in [1.165, 1.54) is 20.8 Å². The molecule has 1 aromatic carbocycles. The molecule has 0 aromatic heterocycles. The minimum atomic E-state index is -1.12. The van der Waals surface area contributed by atoms with E-state index in [4.69, 9.17) is 14.2 Å². The Morgan fingerprint density at radius 3 is 2.19 bits per heavy atom. The van der Waals surface area contributed by atoms with Crippen LogP contribution in [0, 0.1) is 5.92 Å². The topological polar surface area (TPSA) is 99.1 Å². The minimum Gasteiger partial charge on any atom is -0.508 e. The van der Waals surface area contributed by atoms with Gasteiger partial charge in [-0.3, -0.25) is 14.4 Å². The first-order valence-corrected chi connectivity index (χ1v) is 11.2. The third-order valence-corrected chi connectivity index (χ3v) is 7.24. The number of phenolic OH excluding ortho intramolecular Hbond substituents is 1. The van der Waals surface area contributed by atoms with Gasteiger partial charge < -0.3 is 19.3 Å². The van der Waals surface area contributed by atoms with E-state index in [9.17, 15) is 19.5 Å². The molecule has 0 saturated heterocycles. The number of carbonyl (C=O) groups is 3. The molecule has 7 nitrogen and oxygen atoms in total. The van der Waals surface area contributed by atoms with Gasteiger partial charge in [-0.25, -0.2) is 0 Å². The minimum absolute atomic E-state index is 0.0924. The van der Waals surface area contributed by atoms with Crippen LogP contribution in [-0.2, 0) is 34.0 Å². The second-order valence-corrected chi connectivity index (χ2v) is 9.87. The van der Waals surface area contributed by atoms with Crippen molar-refractivity contribution in [3.63, 3.8) is 0 Å². The van der Waals surface area contributed by atoms with Gasteiger partial charge in [0.1, 0.15) is 23.6 Å². The summed E-state index contributed by atoms with van der Waals surface area (Å²) in [5.74, 6) is -1.34. The quantitative estimate of drug-likeness (QED) is 0.539. The fraction of sp³-hybridized carbons (Fsp3) is 0.640. The average molecular weight is 447 g/mol. The zero-order valence-corrected chi connectivity index (χ0v) is 20.0. The highest BCUT2D eigenvalue weighted by atomic mass is 16.6. The fourth-order valence-corrected chi connectivity index (χ4v) is 5.89. The number of carbonyl (C=O) groups excluding carboxylic acids is 3. The Hall–Kier alpha value is -2.57. The Morgan fingerprint density at radius 1 is 1.03 bits per heavy atom. The first kappa shape index (κ1) is 24.1. The molecule has 1 fully saturated rings. The zero-order chi connectivity index (χ0) is 24.0. The monoisotopic (exact) mass is 446 g/mol. The van der Waals surface area contributed by atoms with Crippen LogP contribution in [0.25, 0.3) is 0 Å². The summed E-state index contributed by atoms with van der Waals surface area (Å²) >= 11 is 0. The van der Waals surface area contributed by atoms with Crippen LogP contribution in [0.4, 0.5) is 0 Å². The molecule has 32 heavy (non-hydrogen) atoms. The summed E-state index contributed by atoms with van der Waals surface area (Å²) in [5, 5.41) is 10.8. The van der Waals surface area contributed by atoms with Gasteiger partial charge in [-0.2, -0.15) is 0 Å². The van der Waals surface area contributed by atoms with Crippen LogP contribution in [0.5, 0.6) is 5.75 Å². The Balaban J connectivity index is 2.21. The van der Waals surface area contributed by atoms with Crippen LogP contribution in [0.2, 0.25) is 0 Å². The second-order valence-electron chi connectivity index (χ2n) is 9.87. The largest absolute Gasteiger partial charge is 0.508 e. The van der Waals surface area contributed by atoms with Gasteiger partial charge in [0, 0.05) is 32.1 Å². The number of phenols is 1. The maximum absolute atomic E-state index is 12.1. The molecule has 1 aromatic rings. The fourth-order valence-electron chi connectivity index (χ4n) is 5.89. The highest BCUT2D eigenvalue weighted by Crippen LogP contribution is 2.59. The van der Waals surface area contributed by atoms with Crippen LogP contribution in [0.3, 0.4) is 0 Å². The number of esters is 3. The summed E-state index contributed by atoms with van der Waals surface area (Å²) < 4.78 is 17.2. The Morgan fingerprint density at radius 2 is 1.66 bits per heavy atom. The van der Waals surface area contributed by atoms with Crippen molar-refractivity contribution in [2.45, 2.75) is 96.9 Å². The number of aromatic hydroxyl groups is 1. The van der Waals surface area contributed by atoms with Crippen molar-refractivity contribution >= 4 is 17.9 Å². The van der Waals surface area contributed by atoms with Crippen molar-refractivity contribution < 1.29 is 33.7 Å². The number of benzene rings is 1. The molecule has 0 bridgehead atoms. The van der Waals surface area contributed by atoms with E-state index in [1.54, 1.807) is 13.0 Å². The van der Waals surface area contributed by atoms with E-state index in [2.05, 4.69) is 6.92 Å². The van der Waals surface area contributed by atoms with Gasteiger partial charge in [0.25, 0.3) is 0 Å². The Labute approximate surface area is 189 Å². The maximum Gasteiger partial charge on any atom is 0.303 e. The lowest BCUT2D eigenvalue weighted by molar-refractivity contribution is -0.213. The number of ether oxygens (including phenoxy) is 3. The molecule has 1 saturated carbocycles. The van der Waals surface area contributed by atoms with Gasteiger partial charge in [-0.1, -0.05) is 20.8 Å². The van der Waals surface area contributed by atoms with Gasteiger partial charge in [0.15, 0.2) is 0 Å². The smallest absolute Gasteiger partial charge is 0.303 e. The number of rotatable bonds is 4. The summed E-state index contributed by atoms with van der Waals surface area (Å²) in [6, 6.07) is 3.71. The predicted molar refractivity (Wildman–Crippen MR) is 117 cm³/mol. The summed E-state index contributed by atoms with van der Waals surface area (Å²) in [7, 11) is 0. The average Bonchev–Trinajstić information content (AvgIpc) is 2.64. The van der Waals surface area contributed by atoms with E-state index in [-0.39, 0.29) is 17.6 Å². The molecular formula is C25H34O7. The molecule has 7 heteroatoms. The van der Waals surface area contributed by atoms with Crippen molar-refractivity contribution in [3.8, 4) is 5.75 Å². The predicted octanol–water partition coefficient (Wildman–Crippen LogP) is 4.44. The van der Waals surface area contributed by atoms with Crippen molar-refractivity contribution in [2.24, 2.45) is 5.92 Å². The Kier molecular flexibility index (Phi) is 6.33. The molecule has 2 aliphatic carbocycles. The van der Waals surface area contributed by atoms with Gasteiger partial charge in [0.05, 0.1) is 0 Å². The summed E-state index contributed by atoms with van der Waals surface area (Å²) in [6.45, 7) is 11.9. The summed E-state index contributed by atoms with van der Waals surface area (Å²) in [5.41, 5.74) is 0.935. The van der Waals surface area contributed by atoms with E-state index in [0.717, 1.165) is 16.7 Å². The molecular weight excluding hydrogens is 412 g/mol. The Bertz CT molecular complexity index is 936. The third kappa shape index (κ3) is 4.09. The van der Waals surface area contributed by atoms with Gasteiger partial charge in [-0.05, 0) is 60.9 Å². The van der Waals surface area contributed by atoms with Crippen molar-refractivity contribution in [3.05, 3.63) is 28.8 Å². The van der Waals surface area contributed by atoms with Crippen LogP contribution in [0.1, 0.15) is 96.4 Å². The number of hydrogen-bond donors (Lipinski definition) is 1. The van der Waals surface area contributed by atoms with Gasteiger partial charge >= 0.3 is 17.9 Å². The molecule has 3 rings (SSSR count). The van der Waals surface area contributed by atoms with Crippen molar-refractivity contribution in [1.29, 1.82) is 0 Å². The maximum atomic E-state index is 12.1. The van der Waals surface area contributed by atoms with Crippen LogP contribution in [-0.4, -0.2) is 34.7 Å². The summed E-state index contributed by atoms with van der Waals surface area (Å²) in [4.78, 5) is 35.9. The zero-order valence-electron chi connectivity index (χ0n) is 20.0.